The number of aliphatic hydroxyl groups is 5. The Bertz CT molecular complexity index is 855. The van der Waals surface area contributed by atoms with Crippen molar-refractivity contribution < 1.29 is 30.3 Å². The summed E-state index contributed by atoms with van der Waals surface area (Å²) in [4.78, 5) is -1.21. The third kappa shape index (κ3) is 3.72. The average Bonchev–Trinajstić information content (AvgIpc) is 3.09. The summed E-state index contributed by atoms with van der Waals surface area (Å²) in [5.41, 5.74) is 4.96. The van der Waals surface area contributed by atoms with Crippen LogP contribution >= 0.6 is 11.8 Å². The second kappa shape index (κ2) is 8.35. The van der Waals surface area contributed by atoms with Gasteiger partial charge in [-0.3, -0.25) is 0 Å². The summed E-state index contributed by atoms with van der Waals surface area (Å²) < 4.78 is 5.97. The third-order valence-corrected chi connectivity index (χ3v) is 7.43. The minimum absolute atomic E-state index is 0.127. The van der Waals surface area contributed by atoms with Gasteiger partial charge in [-0.2, -0.15) is 0 Å². The van der Waals surface area contributed by atoms with E-state index < -0.39 is 28.5 Å². The van der Waals surface area contributed by atoms with Gasteiger partial charge in [-0.15, -0.1) is 11.8 Å². The molecule has 0 aliphatic carbocycles. The lowest BCUT2D eigenvalue weighted by Crippen LogP contribution is -2.58. The van der Waals surface area contributed by atoms with Crippen LogP contribution in [-0.2, 0) is 29.1 Å². The first-order valence-electron chi connectivity index (χ1n) is 9.76. The van der Waals surface area contributed by atoms with E-state index in [1.807, 2.05) is 42.5 Å². The number of thioether (sulfide) groups is 1. The predicted octanol–water partition coefficient (Wildman–Crippen LogP) is 0.686. The number of ether oxygens (including phenoxy) is 1. The highest BCUT2D eigenvalue weighted by molar-refractivity contribution is 8.00. The third-order valence-electron chi connectivity index (χ3n) is 5.77. The van der Waals surface area contributed by atoms with E-state index in [1.165, 1.54) is 11.8 Å². The van der Waals surface area contributed by atoms with Crippen LogP contribution in [0, 0.1) is 0 Å². The largest absolute Gasteiger partial charge is 0.396 e. The molecule has 2 aliphatic rings. The van der Waals surface area contributed by atoms with Gasteiger partial charge in [-0.05, 0) is 35.1 Å². The quantitative estimate of drug-likeness (QED) is 0.486. The summed E-state index contributed by atoms with van der Waals surface area (Å²) in [5, 5.41) is 49.3. The zero-order valence-electron chi connectivity index (χ0n) is 15.9. The standard InChI is InChI=1S/C22H26O6S/c23-8-7-13-1-3-14(4-2-13)9-15-5-6-16-12-28-22(17(16)10-15)21(27)20(26)19(25)18(11-24)29-22/h1-6,10,18-21,23-27H,7-9,11-12H2/t18?,19-,20?,21-,22+/m1/s1. The monoisotopic (exact) mass is 418 g/mol. The molecule has 1 fully saturated rings. The Morgan fingerprint density at radius 1 is 0.931 bits per heavy atom. The molecule has 2 aromatic rings. The van der Waals surface area contributed by atoms with E-state index in [0.29, 0.717) is 19.4 Å². The van der Waals surface area contributed by atoms with Crippen LogP contribution in [0.25, 0.3) is 0 Å². The van der Waals surface area contributed by atoms with E-state index in [4.69, 9.17) is 9.84 Å². The first-order chi connectivity index (χ1) is 14.0. The van der Waals surface area contributed by atoms with Crippen molar-refractivity contribution in [2.45, 2.75) is 47.9 Å². The summed E-state index contributed by atoms with van der Waals surface area (Å²) in [5.74, 6) is 0. The zero-order valence-corrected chi connectivity index (χ0v) is 16.8. The van der Waals surface area contributed by atoms with Gasteiger partial charge in [0.1, 0.15) is 12.2 Å². The van der Waals surface area contributed by atoms with Gasteiger partial charge in [0, 0.05) is 12.2 Å². The van der Waals surface area contributed by atoms with Crippen molar-refractivity contribution >= 4 is 11.8 Å². The molecule has 0 radical (unpaired) electrons. The van der Waals surface area contributed by atoms with E-state index >= 15 is 0 Å². The first-order valence-corrected chi connectivity index (χ1v) is 10.6. The molecule has 1 saturated heterocycles. The van der Waals surface area contributed by atoms with Crippen LogP contribution in [0.3, 0.4) is 0 Å². The highest BCUT2D eigenvalue weighted by Crippen LogP contribution is 2.54. The Kier molecular flexibility index (Phi) is 5.99. The maximum Gasteiger partial charge on any atom is 0.168 e. The van der Waals surface area contributed by atoms with E-state index in [-0.39, 0.29) is 13.2 Å². The molecule has 2 unspecified atom stereocenters. The maximum absolute atomic E-state index is 10.8. The predicted molar refractivity (Wildman–Crippen MR) is 109 cm³/mol. The summed E-state index contributed by atoms with van der Waals surface area (Å²) in [6.07, 6.45) is -2.60. The fourth-order valence-electron chi connectivity index (χ4n) is 4.12. The van der Waals surface area contributed by atoms with Crippen LogP contribution in [0.1, 0.15) is 27.8 Å². The van der Waals surface area contributed by atoms with Gasteiger partial charge < -0.3 is 30.3 Å². The number of benzene rings is 2. The van der Waals surface area contributed by atoms with Crippen molar-refractivity contribution in [2.75, 3.05) is 13.2 Å². The van der Waals surface area contributed by atoms with Crippen LogP contribution in [0.2, 0.25) is 0 Å². The second-order valence-corrected chi connectivity index (χ2v) is 9.13. The minimum atomic E-state index is -1.40. The molecule has 2 aromatic carbocycles. The molecule has 7 heteroatoms. The van der Waals surface area contributed by atoms with Crippen LogP contribution in [0.4, 0.5) is 0 Å². The zero-order chi connectivity index (χ0) is 20.6. The van der Waals surface area contributed by atoms with E-state index in [2.05, 4.69) is 0 Å². The molecule has 0 bridgehead atoms. The number of hydrogen-bond donors (Lipinski definition) is 5. The molecule has 0 saturated carbocycles. The highest BCUT2D eigenvalue weighted by Gasteiger charge is 2.57. The summed E-state index contributed by atoms with van der Waals surface area (Å²) >= 11 is 1.17. The van der Waals surface area contributed by atoms with Gasteiger partial charge in [-0.1, -0.05) is 42.5 Å². The molecule has 6 nitrogen and oxygen atoms in total. The van der Waals surface area contributed by atoms with Crippen LogP contribution < -0.4 is 0 Å². The Hall–Kier alpha value is -1.45. The maximum atomic E-state index is 10.8. The topological polar surface area (TPSA) is 110 Å². The number of fused-ring (bicyclic) bond motifs is 2. The number of aliphatic hydroxyl groups excluding tert-OH is 5. The molecular formula is C22H26O6S. The first kappa shape index (κ1) is 20.8. The van der Waals surface area contributed by atoms with Crippen molar-refractivity contribution in [1.29, 1.82) is 0 Å². The molecule has 0 amide bonds. The Balaban J connectivity index is 1.62. The van der Waals surface area contributed by atoms with Crippen LogP contribution in [0.5, 0.6) is 0 Å². The van der Waals surface area contributed by atoms with Gasteiger partial charge in [0.15, 0.2) is 4.93 Å². The molecule has 0 aromatic heterocycles. The lowest BCUT2D eigenvalue weighted by atomic mass is 9.91. The summed E-state index contributed by atoms with van der Waals surface area (Å²) in [7, 11) is 0. The summed E-state index contributed by atoms with van der Waals surface area (Å²) in [6, 6.07) is 14.1. The molecule has 4 rings (SSSR count). The smallest absolute Gasteiger partial charge is 0.168 e. The van der Waals surface area contributed by atoms with E-state index in [9.17, 15) is 20.4 Å². The Morgan fingerprint density at radius 3 is 2.31 bits per heavy atom. The molecular weight excluding hydrogens is 392 g/mol. The van der Waals surface area contributed by atoms with Crippen molar-refractivity contribution in [3.63, 3.8) is 0 Å². The van der Waals surface area contributed by atoms with Gasteiger partial charge in [-0.25, -0.2) is 0 Å². The van der Waals surface area contributed by atoms with Gasteiger partial charge in [0.25, 0.3) is 0 Å². The highest BCUT2D eigenvalue weighted by atomic mass is 32.2. The lowest BCUT2D eigenvalue weighted by Gasteiger charge is -2.45. The fraction of sp³-hybridized carbons (Fsp3) is 0.455. The van der Waals surface area contributed by atoms with E-state index in [1.54, 1.807) is 0 Å². The Morgan fingerprint density at radius 2 is 1.62 bits per heavy atom. The van der Waals surface area contributed by atoms with Crippen LogP contribution in [0.15, 0.2) is 42.5 Å². The average molecular weight is 419 g/mol. The van der Waals surface area contributed by atoms with Crippen molar-refractivity contribution in [3.8, 4) is 0 Å². The minimum Gasteiger partial charge on any atom is -0.396 e. The second-order valence-electron chi connectivity index (χ2n) is 7.68. The molecule has 2 aliphatic heterocycles. The van der Waals surface area contributed by atoms with Gasteiger partial charge in [0.05, 0.1) is 24.6 Å². The van der Waals surface area contributed by atoms with Crippen molar-refractivity contribution in [3.05, 3.63) is 70.3 Å². The molecule has 156 valence electrons. The fourth-order valence-corrected chi connectivity index (χ4v) is 5.67. The Labute approximate surface area is 173 Å². The van der Waals surface area contributed by atoms with E-state index in [0.717, 1.165) is 27.8 Å². The summed E-state index contributed by atoms with van der Waals surface area (Å²) in [6.45, 7) is 0.105. The molecule has 1 spiro atoms. The number of rotatable bonds is 5. The van der Waals surface area contributed by atoms with Crippen molar-refractivity contribution in [1.82, 2.24) is 0 Å². The lowest BCUT2D eigenvalue weighted by molar-refractivity contribution is -0.147. The number of hydrogen-bond acceptors (Lipinski definition) is 7. The SMILES string of the molecule is OCCc1ccc(Cc2ccc3c(c2)[C@]2(OC3)SC(CO)[C@@H](O)C(O)[C@H]2O)cc1. The molecule has 29 heavy (non-hydrogen) atoms. The van der Waals surface area contributed by atoms with Crippen molar-refractivity contribution in [2.24, 2.45) is 0 Å². The molecule has 5 atom stereocenters. The van der Waals surface area contributed by atoms with Gasteiger partial charge >= 0.3 is 0 Å². The van der Waals surface area contributed by atoms with Gasteiger partial charge in [0.2, 0.25) is 0 Å². The van der Waals surface area contributed by atoms with Crippen LogP contribution in [-0.4, -0.2) is 62.3 Å². The molecule has 5 N–H and O–H groups in total. The molecule has 2 heterocycles. The normalized spacial score (nSPS) is 31.2.